The molecular formula is C16H12N4O. The van der Waals surface area contributed by atoms with Crippen LogP contribution in [0.2, 0.25) is 0 Å². The lowest BCUT2D eigenvalue weighted by Crippen LogP contribution is -2.13. The van der Waals surface area contributed by atoms with Crippen molar-refractivity contribution in [1.29, 1.82) is 0 Å². The number of benzene rings is 2. The quantitative estimate of drug-likeness (QED) is 0.561. The topological polar surface area (TPSA) is 76.7 Å². The first-order valence-corrected chi connectivity index (χ1v) is 6.59. The van der Waals surface area contributed by atoms with Crippen molar-refractivity contribution in [2.24, 2.45) is 0 Å². The maximum Gasteiger partial charge on any atom is 0.278 e. The second-order valence-electron chi connectivity index (χ2n) is 4.90. The van der Waals surface area contributed by atoms with Gasteiger partial charge in [-0.1, -0.05) is 12.1 Å². The molecule has 0 atom stereocenters. The molecule has 0 unspecified atom stereocenters. The van der Waals surface area contributed by atoms with Gasteiger partial charge in [0.2, 0.25) is 0 Å². The highest BCUT2D eigenvalue weighted by Crippen LogP contribution is 2.22. The fraction of sp³-hybridized carbons (Fsp3) is 0. The van der Waals surface area contributed by atoms with E-state index in [0.717, 1.165) is 16.3 Å². The molecule has 0 aliphatic carbocycles. The predicted octanol–water partition coefficient (Wildman–Crippen LogP) is 2.79. The Morgan fingerprint density at radius 1 is 1.14 bits per heavy atom. The third kappa shape index (κ3) is 1.71. The van der Waals surface area contributed by atoms with E-state index in [4.69, 9.17) is 5.73 Å². The van der Waals surface area contributed by atoms with Crippen molar-refractivity contribution < 1.29 is 4.79 Å². The molecule has 5 heteroatoms. The zero-order valence-corrected chi connectivity index (χ0v) is 11.1. The summed E-state index contributed by atoms with van der Waals surface area (Å²) in [4.78, 5) is 15.8. The van der Waals surface area contributed by atoms with Crippen LogP contribution in [0.1, 0.15) is 10.4 Å². The number of carbonyl (C=O) groups is 1. The highest BCUT2D eigenvalue weighted by molar-refractivity contribution is 6.05. The minimum absolute atomic E-state index is 0.189. The van der Waals surface area contributed by atoms with Gasteiger partial charge in [-0.2, -0.15) is 4.68 Å². The predicted molar refractivity (Wildman–Crippen MR) is 82.2 cm³/mol. The molecule has 2 aromatic heterocycles. The van der Waals surface area contributed by atoms with Crippen LogP contribution < -0.4 is 5.73 Å². The van der Waals surface area contributed by atoms with Crippen LogP contribution in [0.3, 0.4) is 0 Å². The van der Waals surface area contributed by atoms with E-state index in [1.165, 1.54) is 4.68 Å². The summed E-state index contributed by atoms with van der Waals surface area (Å²) in [5, 5.41) is 5.95. The summed E-state index contributed by atoms with van der Waals surface area (Å²) in [6.45, 7) is 0. The SMILES string of the molecule is Nc1nn(C(=O)c2ccc3[nH]ccc3c2)c2ccccc12. The van der Waals surface area contributed by atoms with Crippen LogP contribution in [0.5, 0.6) is 0 Å². The second-order valence-corrected chi connectivity index (χ2v) is 4.90. The largest absolute Gasteiger partial charge is 0.382 e. The Labute approximate surface area is 120 Å². The minimum Gasteiger partial charge on any atom is -0.382 e. The molecule has 4 rings (SSSR count). The molecule has 0 amide bonds. The van der Waals surface area contributed by atoms with Gasteiger partial charge in [0, 0.05) is 28.0 Å². The fourth-order valence-electron chi connectivity index (χ4n) is 2.55. The molecule has 0 saturated heterocycles. The van der Waals surface area contributed by atoms with E-state index in [1.54, 1.807) is 6.07 Å². The molecule has 4 aromatic rings. The smallest absolute Gasteiger partial charge is 0.278 e. The van der Waals surface area contributed by atoms with Gasteiger partial charge in [0.25, 0.3) is 5.91 Å². The van der Waals surface area contributed by atoms with Crippen LogP contribution in [0, 0.1) is 0 Å². The average Bonchev–Trinajstić information content (AvgIpc) is 3.11. The number of para-hydroxylation sites is 1. The summed E-state index contributed by atoms with van der Waals surface area (Å²) in [7, 11) is 0. The van der Waals surface area contributed by atoms with Crippen LogP contribution in [0.25, 0.3) is 21.8 Å². The summed E-state index contributed by atoms with van der Waals surface area (Å²) in [6.07, 6.45) is 1.85. The first kappa shape index (κ1) is 11.7. The Morgan fingerprint density at radius 3 is 2.90 bits per heavy atom. The van der Waals surface area contributed by atoms with E-state index >= 15 is 0 Å². The van der Waals surface area contributed by atoms with Crippen molar-refractivity contribution >= 4 is 33.5 Å². The number of nitrogens with two attached hydrogens (primary N) is 1. The van der Waals surface area contributed by atoms with Crippen molar-refractivity contribution in [2.75, 3.05) is 5.73 Å². The molecule has 0 aliphatic heterocycles. The number of fused-ring (bicyclic) bond motifs is 2. The number of carbonyl (C=O) groups excluding carboxylic acids is 1. The maximum absolute atomic E-state index is 12.7. The summed E-state index contributed by atoms with van der Waals surface area (Å²) < 4.78 is 1.36. The van der Waals surface area contributed by atoms with Crippen molar-refractivity contribution in [3.8, 4) is 0 Å². The number of hydrogen-bond donors (Lipinski definition) is 2. The zero-order chi connectivity index (χ0) is 14.4. The third-order valence-corrected chi connectivity index (χ3v) is 3.61. The molecule has 5 nitrogen and oxygen atoms in total. The van der Waals surface area contributed by atoms with E-state index in [2.05, 4.69) is 10.1 Å². The highest BCUT2D eigenvalue weighted by atomic mass is 16.2. The molecule has 0 bridgehead atoms. The lowest BCUT2D eigenvalue weighted by atomic mass is 10.1. The second kappa shape index (κ2) is 4.21. The molecule has 3 N–H and O–H groups in total. The Bertz CT molecular complexity index is 980. The van der Waals surface area contributed by atoms with Gasteiger partial charge in [-0.15, -0.1) is 5.10 Å². The number of nitrogens with one attached hydrogen (secondary N) is 1. The van der Waals surface area contributed by atoms with E-state index < -0.39 is 0 Å². The van der Waals surface area contributed by atoms with Crippen molar-refractivity contribution in [2.45, 2.75) is 0 Å². The number of H-pyrrole nitrogens is 1. The number of nitrogen functional groups attached to an aromatic ring is 1. The molecule has 2 aromatic carbocycles. The van der Waals surface area contributed by atoms with E-state index in [0.29, 0.717) is 16.9 Å². The van der Waals surface area contributed by atoms with Gasteiger partial charge < -0.3 is 10.7 Å². The average molecular weight is 276 g/mol. The van der Waals surface area contributed by atoms with Gasteiger partial charge in [-0.3, -0.25) is 4.79 Å². The van der Waals surface area contributed by atoms with Gasteiger partial charge in [0.15, 0.2) is 5.82 Å². The maximum atomic E-state index is 12.7. The summed E-state index contributed by atoms with van der Waals surface area (Å²) in [6, 6.07) is 14.9. The van der Waals surface area contributed by atoms with Crippen molar-refractivity contribution in [3.63, 3.8) is 0 Å². The van der Waals surface area contributed by atoms with Gasteiger partial charge in [0.1, 0.15) is 0 Å². The molecule has 0 aliphatic rings. The number of hydrogen-bond acceptors (Lipinski definition) is 3. The Hall–Kier alpha value is -3.08. The molecule has 0 spiro atoms. The van der Waals surface area contributed by atoms with Crippen LogP contribution in [-0.4, -0.2) is 20.7 Å². The van der Waals surface area contributed by atoms with Crippen LogP contribution >= 0.6 is 0 Å². The van der Waals surface area contributed by atoms with Gasteiger partial charge in [-0.25, -0.2) is 0 Å². The number of aromatic amines is 1. The minimum atomic E-state index is -0.189. The zero-order valence-electron chi connectivity index (χ0n) is 11.1. The molecule has 2 heterocycles. The number of anilines is 1. The summed E-state index contributed by atoms with van der Waals surface area (Å²) in [5.74, 6) is 0.174. The first-order chi connectivity index (χ1) is 10.2. The van der Waals surface area contributed by atoms with Gasteiger partial charge in [-0.05, 0) is 36.4 Å². The van der Waals surface area contributed by atoms with Crippen molar-refractivity contribution in [1.82, 2.24) is 14.8 Å². The monoisotopic (exact) mass is 276 g/mol. The summed E-state index contributed by atoms with van der Waals surface area (Å²) in [5.41, 5.74) is 8.17. The number of rotatable bonds is 1. The van der Waals surface area contributed by atoms with Gasteiger partial charge in [0.05, 0.1) is 5.52 Å². The Balaban J connectivity index is 1.89. The molecule has 21 heavy (non-hydrogen) atoms. The molecule has 0 radical (unpaired) electrons. The normalized spacial score (nSPS) is 11.2. The standard InChI is InChI=1S/C16H12N4O/c17-15-12-3-1-2-4-14(12)20(19-15)16(21)11-5-6-13-10(9-11)7-8-18-13/h1-9,18H,(H2,17,19). The Morgan fingerprint density at radius 2 is 2.00 bits per heavy atom. The number of aromatic nitrogens is 3. The van der Waals surface area contributed by atoms with Crippen LogP contribution in [-0.2, 0) is 0 Å². The van der Waals surface area contributed by atoms with E-state index in [-0.39, 0.29) is 5.91 Å². The van der Waals surface area contributed by atoms with E-state index in [9.17, 15) is 4.79 Å². The number of nitrogens with zero attached hydrogens (tertiary/aromatic N) is 2. The molecule has 0 saturated carbocycles. The Kier molecular flexibility index (Phi) is 2.35. The van der Waals surface area contributed by atoms with Gasteiger partial charge >= 0.3 is 0 Å². The van der Waals surface area contributed by atoms with Crippen LogP contribution in [0.15, 0.2) is 54.7 Å². The fourth-order valence-corrected chi connectivity index (χ4v) is 2.55. The third-order valence-electron chi connectivity index (χ3n) is 3.61. The molecule has 0 fully saturated rings. The highest BCUT2D eigenvalue weighted by Gasteiger charge is 2.15. The lowest BCUT2D eigenvalue weighted by molar-refractivity contribution is 0.0951. The lowest BCUT2D eigenvalue weighted by Gasteiger charge is -2.02. The first-order valence-electron chi connectivity index (χ1n) is 6.59. The molecular weight excluding hydrogens is 264 g/mol. The van der Waals surface area contributed by atoms with E-state index in [1.807, 2.05) is 48.7 Å². The molecule has 102 valence electrons. The summed E-state index contributed by atoms with van der Waals surface area (Å²) >= 11 is 0. The van der Waals surface area contributed by atoms with Crippen molar-refractivity contribution in [3.05, 3.63) is 60.3 Å². The van der Waals surface area contributed by atoms with Crippen LogP contribution in [0.4, 0.5) is 5.82 Å².